The minimum atomic E-state index is -2.81. The van der Waals surface area contributed by atoms with Gasteiger partial charge < -0.3 is 0 Å². The first-order valence-corrected chi connectivity index (χ1v) is 14.7. The van der Waals surface area contributed by atoms with Crippen molar-refractivity contribution in [3.63, 3.8) is 0 Å². The molecule has 0 heterocycles. The van der Waals surface area contributed by atoms with E-state index >= 15 is 0 Å². The SMILES string of the molecule is Cc1ccccc1O[P+](CCCCCCCC(C)C)(Oc1ccccc1C)Oc1ccccc1C. The summed E-state index contributed by atoms with van der Waals surface area (Å²) >= 11 is 0. The van der Waals surface area contributed by atoms with Crippen LogP contribution in [0.3, 0.4) is 0 Å². The number of benzene rings is 3. The van der Waals surface area contributed by atoms with Crippen LogP contribution in [0, 0.1) is 26.7 Å². The maximum atomic E-state index is 6.78. The van der Waals surface area contributed by atoms with Crippen LogP contribution in [0.4, 0.5) is 0 Å². The van der Waals surface area contributed by atoms with Gasteiger partial charge in [-0.1, -0.05) is 94.1 Å². The van der Waals surface area contributed by atoms with E-state index in [0.717, 1.165) is 58.9 Å². The molecule has 0 spiro atoms. The van der Waals surface area contributed by atoms with Crippen molar-refractivity contribution in [2.24, 2.45) is 5.92 Å². The maximum Gasteiger partial charge on any atom is 0.541 e. The van der Waals surface area contributed by atoms with Gasteiger partial charge >= 0.3 is 7.94 Å². The Morgan fingerprint density at radius 1 is 0.543 bits per heavy atom. The van der Waals surface area contributed by atoms with E-state index in [4.69, 9.17) is 13.6 Å². The van der Waals surface area contributed by atoms with Crippen molar-refractivity contribution in [2.45, 2.75) is 73.1 Å². The van der Waals surface area contributed by atoms with Crippen molar-refractivity contribution in [1.29, 1.82) is 0 Å². The molecule has 0 N–H and O–H groups in total. The van der Waals surface area contributed by atoms with Gasteiger partial charge in [0.15, 0.2) is 23.4 Å². The Morgan fingerprint density at radius 3 is 1.31 bits per heavy atom. The Balaban J connectivity index is 1.87. The van der Waals surface area contributed by atoms with Crippen molar-refractivity contribution in [3.05, 3.63) is 89.5 Å². The van der Waals surface area contributed by atoms with Crippen LogP contribution in [0.15, 0.2) is 72.8 Å². The Bertz CT molecular complexity index is 931. The van der Waals surface area contributed by atoms with E-state index < -0.39 is 7.94 Å². The molecule has 0 saturated heterocycles. The van der Waals surface area contributed by atoms with Crippen LogP contribution < -0.4 is 13.6 Å². The molecule has 3 nitrogen and oxygen atoms in total. The normalized spacial score (nSPS) is 11.5. The molecule has 3 aromatic rings. The van der Waals surface area contributed by atoms with Gasteiger partial charge in [0.25, 0.3) is 0 Å². The molecule has 0 saturated carbocycles. The van der Waals surface area contributed by atoms with E-state index in [0.29, 0.717) is 0 Å². The van der Waals surface area contributed by atoms with Gasteiger partial charge in [-0.3, -0.25) is 13.6 Å². The van der Waals surface area contributed by atoms with E-state index in [1.807, 2.05) is 54.6 Å². The first kappa shape index (κ1) is 27.1. The molecule has 35 heavy (non-hydrogen) atoms. The summed E-state index contributed by atoms with van der Waals surface area (Å²) in [4.78, 5) is 0. The molecule has 0 aromatic heterocycles. The molecule has 188 valence electrons. The first-order chi connectivity index (χ1) is 16.9. The van der Waals surface area contributed by atoms with Gasteiger partial charge in [0, 0.05) is 0 Å². The number of rotatable bonds is 14. The second-order valence-electron chi connectivity index (χ2n) is 9.86. The lowest BCUT2D eigenvalue weighted by molar-refractivity contribution is 0.349. The summed E-state index contributed by atoms with van der Waals surface area (Å²) in [5.74, 6) is 3.24. The topological polar surface area (TPSA) is 27.7 Å². The lowest BCUT2D eigenvalue weighted by Crippen LogP contribution is -2.20. The fraction of sp³-hybridized carbons (Fsp3) is 0.419. The van der Waals surface area contributed by atoms with Crippen LogP contribution in [0.25, 0.3) is 0 Å². The fourth-order valence-corrected chi connectivity index (χ4v) is 6.52. The van der Waals surface area contributed by atoms with Crippen LogP contribution in [-0.2, 0) is 0 Å². The van der Waals surface area contributed by atoms with E-state index in [1.54, 1.807) is 0 Å². The Kier molecular flexibility index (Phi) is 10.5. The van der Waals surface area contributed by atoms with Crippen LogP contribution in [0.1, 0.15) is 69.1 Å². The molecule has 0 bridgehead atoms. The average molecular weight is 494 g/mol. The first-order valence-electron chi connectivity index (χ1n) is 13.0. The third-order valence-corrected chi connectivity index (χ3v) is 8.50. The Labute approximate surface area is 213 Å². The molecule has 0 aliphatic heterocycles. The Hall–Kier alpha value is -2.51. The van der Waals surface area contributed by atoms with Crippen LogP contribution in [0.2, 0.25) is 0 Å². The summed E-state index contributed by atoms with van der Waals surface area (Å²) in [5, 5.41) is 0. The third kappa shape index (κ3) is 8.58. The number of unbranched alkanes of at least 4 members (excludes halogenated alkanes) is 4. The number of hydrogen-bond acceptors (Lipinski definition) is 3. The standard InChI is InChI=1S/C31H42O3P/c1-25(2)17-9-7-6-8-16-24-35(32-29-21-13-10-18-26(29)3,33-30-22-14-11-19-27(30)4)34-31-23-15-12-20-28(31)5/h10-15,18-23,25H,6-9,16-17,24H2,1-5H3/q+1. The predicted octanol–water partition coefficient (Wildman–Crippen LogP) is 9.91. The van der Waals surface area contributed by atoms with E-state index in [9.17, 15) is 0 Å². The summed E-state index contributed by atoms with van der Waals surface area (Å²) in [6, 6.07) is 24.4. The zero-order chi connectivity index (χ0) is 25.1. The van der Waals surface area contributed by atoms with E-state index in [-0.39, 0.29) is 0 Å². The van der Waals surface area contributed by atoms with Gasteiger partial charge in [-0.2, -0.15) is 0 Å². The smallest absolute Gasteiger partial charge is 0.271 e. The number of aryl methyl sites for hydroxylation is 3. The van der Waals surface area contributed by atoms with Gasteiger partial charge in [-0.25, -0.2) is 0 Å². The highest BCUT2D eigenvalue weighted by atomic mass is 31.2. The largest absolute Gasteiger partial charge is 0.541 e. The molecule has 3 rings (SSSR count). The maximum absolute atomic E-state index is 6.78. The van der Waals surface area contributed by atoms with E-state index in [2.05, 4.69) is 52.8 Å². The highest BCUT2D eigenvalue weighted by molar-refractivity contribution is 7.62. The van der Waals surface area contributed by atoms with Crippen molar-refractivity contribution in [1.82, 2.24) is 0 Å². The summed E-state index contributed by atoms with van der Waals surface area (Å²) < 4.78 is 20.3. The summed E-state index contributed by atoms with van der Waals surface area (Å²) in [5.41, 5.74) is 3.23. The van der Waals surface area contributed by atoms with Crippen LogP contribution >= 0.6 is 7.94 Å². The van der Waals surface area contributed by atoms with Crippen molar-refractivity contribution in [2.75, 3.05) is 6.16 Å². The molecule has 3 aromatic carbocycles. The van der Waals surface area contributed by atoms with E-state index in [1.165, 1.54) is 25.7 Å². The molecular weight excluding hydrogens is 451 g/mol. The minimum absolute atomic E-state index is 0.730. The minimum Gasteiger partial charge on any atom is -0.271 e. The molecule has 0 amide bonds. The van der Waals surface area contributed by atoms with Gasteiger partial charge in [-0.15, -0.1) is 0 Å². The summed E-state index contributed by atoms with van der Waals surface area (Å²) in [7, 11) is -2.81. The zero-order valence-corrected chi connectivity index (χ0v) is 23.0. The van der Waals surface area contributed by atoms with Gasteiger partial charge in [0.1, 0.15) is 0 Å². The van der Waals surface area contributed by atoms with Crippen LogP contribution in [0.5, 0.6) is 17.2 Å². The zero-order valence-electron chi connectivity index (χ0n) is 22.1. The van der Waals surface area contributed by atoms with Gasteiger partial charge in [0.05, 0.1) is 0 Å². The number of para-hydroxylation sites is 3. The van der Waals surface area contributed by atoms with Gasteiger partial charge in [-0.05, 0) is 74.4 Å². The number of hydrogen-bond donors (Lipinski definition) is 0. The Morgan fingerprint density at radius 2 is 0.914 bits per heavy atom. The predicted molar refractivity (Wildman–Crippen MR) is 150 cm³/mol. The van der Waals surface area contributed by atoms with Gasteiger partial charge in [0.2, 0.25) is 0 Å². The lowest BCUT2D eigenvalue weighted by Gasteiger charge is -2.25. The van der Waals surface area contributed by atoms with Crippen molar-refractivity contribution in [3.8, 4) is 17.2 Å². The second kappa shape index (κ2) is 13.5. The average Bonchev–Trinajstić information content (AvgIpc) is 2.83. The van der Waals surface area contributed by atoms with Crippen molar-refractivity contribution >= 4 is 7.94 Å². The molecule has 0 unspecified atom stereocenters. The molecule has 0 radical (unpaired) electrons. The third-order valence-electron chi connectivity index (χ3n) is 6.21. The lowest BCUT2D eigenvalue weighted by atomic mass is 10.0. The summed E-state index contributed by atoms with van der Waals surface area (Å²) in [6.07, 6.45) is 7.99. The van der Waals surface area contributed by atoms with Crippen molar-refractivity contribution < 1.29 is 13.6 Å². The molecule has 4 heteroatoms. The highest BCUT2D eigenvalue weighted by Crippen LogP contribution is 2.62. The highest BCUT2D eigenvalue weighted by Gasteiger charge is 2.50. The fourth-order valence-electron chi connectivity index (χ4n) is 4.01. The quantitative estimate of drug-likeness (QED) is 0.165. The molecule has 0 atom stereocenters. The molecule has 0 aliphatic rings. The second-order valence-corrected chi connectivity index (χ2v) is 12.1. The van der Waals surface area contributed by atoms with Crippen LogP contribution in [-0.4, -0.2) is 6.16 Å². The molecule has 0 aliphatic carbocycles. The monoisotopic (exact) mass is 493 g/mol. The summed E-state index contributed by atoms with van der Waals surface area (Å²) in [6.45, 7) is 10.8. The molecular formula is C31H42O3P+. The molecule has 0 fully saturated rings.